The van der Waals surface area contributed by atoms with Crippen LogP contribution >= 0.6 is 0 Å². The molecule has 0 aromatic heterocycles. The summed E-state index contributed by atoms with van der Waals surface area (Å²) in [5, 5.41) is 13.1. The average molecular weight is 319 g/mol. The lowest BCUT2D eigenvalue weighted by Crippen LogP contribution is -2.50. The molecule has 2 rings (SSSR count). The van der Waals surface area contributed by atoms with Gasteiger partial charge in [0.1, 0.15) is 0 Å². The van der Waals surface area contributed by atoms with E-state index in [1.165, 1.54) is 5.56 Å². The van der Waals surface area contributed by atoms with E-state index >= 15 is 0 Å². The number of carbonyl (C=O) groups is 1. The summed E-state index contributed by atoms with van der Waals surface area (Å²) in [7, 11) is 0. The van der Waals surface area contributed by atoms with Gasteiger partial charge < -0.3 is 16.2 Å². The van der Waals surface area contributed by atoms with E-state index in [9.17, 15) is 9.90 Å². The van der Waals surface area contributed by atoms with Gasteiger partial charge in [-0.2, -0.15) is 0 Å². The molecule has 23 heavy (non-hydrogen) atoms. The lowest BCUT2D eigenvalue weighted by molar-refractivity contribution is -0.123. The van der Waals surface area contributed by atoms with Gasteiger partial charge in [-0.3, -0.25) is 9.69 Å². The number of nitrogens with two attached hydrogens (primary N) is 1. The maximum absolute atomic E-state index is 12.1. The van der Waals surface area contributed by atoms with E-state index in [1.807, 2.05) is 32.0 Å². The van der Waals surface area contributed by atoms with Gasteiger partial charge in [-0.05, 0) is 24.3 Å². The molecule has 1 fully saturated rings. The first kappa shape index (κ1) is 17.9. The number of aliphatic hydroxyl groups is 1. The van der Waals surface area contributed by atoms with E-state index in [2.05, 4.69) is 22.3 Å². The van der Waals surface area contributed by atoms with E-state index < -0.39 is 12.1 Å². The fourth-order valence-corrected chi connectivity index (χ4v) is 3.03. The Morgan fingerprint density at radius 2 is 2.04 bits per heavy atom. The van der Waals surface area contributed by atoms with Crippen molar-refractivity contribution in [3.63, 3.8) is 0 Å². The van der Waals surface area contributed by atoms with Gasteiger partial charge in [0.15, 0.2) is 0 Å². The van der Waals surface area contributed by atoms with E-state index in [1.54, 1.807) is 0 Å². The summed E-state index contributed by atoms with van der Waals surface area (Å²) in [6.07, 6.45) is 1.08. The van der Waals surface area contributed by atoms with Crippen LogP contribution < -0.4 is 11.1 Å². The Hall–Kier alpha value is -1.43. The van der Waals surface area contributed by atoms with E-state index in [4.69, 9.17) is 5.73 Å². The zero-order valence-corrected chi connectivity index (χ0v) is 14.1. The van der Waals surface area contributed by atoms with E-state index in [0.717, 1.165) is 13.0 Å². The van der Waals surface area contributed by atoms with Gasteiger partial charge >= 0.3 is 0 Å². The van der Waals surface area contributed by atoms with Crippen molar-refractivity contribution in [2.24, 2.45) is 11.7 Å². The van der Waals surface area contributed by atoms with Crippen LogP contribution in [0.2, 0.25) is 0 Å². The fraction of sp³-hybridized carbons (Fsp3) is 0.611. The summed E-state index contributed by atoms with van der Waals surface area (Å²) in [4.78, 5) is 14.3. The van der Waals surface area contributed by atoms with Gasteiger partial charge in [-0.15, -0.1) is 0 Å². The predicted molar refractivity (Wildman–Crippen MR) is 92.0 cm³/mol. The van der Waals surface area contributed by atoms with Crippen LogP contribution in [0.3, 0.4) is 0 Å². The Labute approximate surface area is 138 Å². The minimum Gasteiger partial charge on any atom is -0.390 e. The number of β-amino-alcohol motifs (C(OH)–C–C–N with tert-alkyl or cyclic N) is 1. The summed E-state index contributed by atoms with van der Waals surface area (Å²) in [6, 6.07) is 9.57. The molecule has 1 amide bonds. The van der Waals surface area contributed by atoms with Crippen molar-refractivity contribution < 1.29 is 9.90 Å². The number of rotatable bonds is 7. The topological polar surface area (TPSA) is 78.6 Å². The summed E-state index contributed by atoms with van der Waals surface area (Å²) >= 11 is 0. The highest BCUT2D eigenvalue weighted by Crippen LogP contribution is 2.12. The van der Waals surface area contributed by atoms with Gasteiger partial charge in [0.2, 0.25) is 5.91 Å². The van der Waals surface area contributed by atoms with Gasteiger partial charge in [0, 0.05) is 19.6 Å². The molecule has 5 heteroatoms. The van der Waals surface area contributed by atoms with Crippen LogP contribution in [0.1, 0.15) is 25.8 Å². The van der Waals surface area contributed by atoms with Gasteiger partial charge in [0.25, 0.3) is 0 Å². The average Bonchev–Trinajstić information content (AvgIpc) is 2.85. The second kappa shape index (κ2) is 8.43. The van der Waals surface area contributed by atoms with Crippen LogP contribution in [-0.4, -0.2) is 53.7 Å². The number of aliphatic hydroxyl groups excluding tert-OH is 1. The Morgan fingerprint density at radius 3 is 2.70 bits per heavy atom. The number of benzene rings is 1. The Kier molecular flexibility index (Phi) is 6.57. The number of hydrogen-bond acceptors (Lipinski definition) is 4. The highest BCUT2D eigenvalue weighted by Gasteiger charge is 2.33. The highest BCUT2D eigenvalue weighted by molar-refractivity contribution is 5.81. The van der Waals surface area contributed by atoms with Crippen molar-refractivity contribution in [3.05, 3.63) is 35.9 Å². The molecule has 128 valence electrons. The number of amides is 1. The molecule has 0 spiro atoms. The van der Waals surface area contributed by atoms with Crippen LogP contribution in [0.4, 0.5) is 0 Å². The van der Waals surface area contributed by atoms with Crippen LogP contribution in [0, 0.1) is 5.92 Å². The summed E-state index contributed by atoms with van der Waals surface area (Å²) in [5.74, 6) is 0.222. The molecule has 0 bridgehead atoms. The zero-order chi connectivity index (χ0) is 16.8. The SMILES string of the molecule is CC(C)C[C@H](N)C(=O)NC1CN(CCc2ccccc2)CC1O. The molecule has 3 atom stereocenters. The largest absolute Gasteiger partial charge is 0.390 e. The third-order valence-electron chi connectivity index (χ3n) is 4.31. The van der Waals surface area contributed by atoms with Crippen molar-refractivity contribution in [2.75, 3.05) is 19.6 Å². The second-order valence-corrected chi connectivity index (χ2v) is 6.91. The monoisotopic (exact) mass is 319 g/mol. The summed E-state index contributed by atoms with van der Waals surface area (Å²) < 4.78 is 0. The fourth-order valence-electron chi connectivity index (χ4n) is 3.03. The molecule has 5 nitrogen and oxygen atoms in total. The first-order valence-corrected chi connectivity index (χ1v) is 8.46. The molecule has 0 aliphatic carbocycles. The molecular weight excluding hydrogens is 290 g/mol. The Bertz CT molecular complexity index is 492. The molecule has 1 aromatic rings. The highest BCUT2D eigenvalue weighted by atomic mass is 16.3. The van der Waals surface area contributed by atoms with Crippen LogP contribution in [0.5, 0.6) is 0 Å². The second-order valence-electron chi connectivity index (χ2n) is 6.91. The molecule has 2 unspecified atom stereocenters. The lowest BCUT2D eigenvalue weighted by Gasteiger charge is -2.20. The van der Waals surface area contributed by atoms with Crippen molar-refractivity contribution in [1.29, 1.82) is 0 Å². The van der Waals surface area contributed by atoms with Gasteiger partial charge in [0.05, 0.1) is 18.2 Å². The zero-order valence-electron chi connectivity index (χ0n) is 14.1. The quantitative estimate of drug-likeness (QED) is 0.693. The molecule has 0 radical (unpaired) electrons. The van der Waals surface area contributed by atoms with Crippen molar-refractivity contribution in [3.8, 4) is 0 Å². The van der Waals surface area contributed by atoms with Crippen LogP contribution in [0.25, 0.3) is 0 Å². The molecule has 0 saturated carbocycles. The molecule has 1 aromatic carbocycles. The van der Waals surface area contributed by atoms with Crippen molar-refractivity contribution in [1.82, 2.24) is 10.2 Å². The minimum atomic E-state index is -0.527. The molecule has 1 aliphatic rings. The molecule has 1 aliphatic heterocycles. The van der Waals surface area contributed by atoms with Gasteiger partial charge in [-0.1, -0.05) is 44.2 Å². The smallest absolute Gasteiger partial charge is 0.237 e. The third-order valence-corrected chi connectivity index (χ3v) is 4.31. The van der Waals surface area contributed by atoms with Crippen molar-refractivity contribution in [2.45, 2.75) is 44.9 Å². The Balaban J connectivity index is 1.78. The molecule has 4 N–H and O–H groups in total. The maximum atomic E-state index is 12.1. The molecule has 1 saturated heterocycles. The normalized spacial score (nSPS) is 23.2. The Morgan fingerprint density at radius 1 is 1.35 bits per heavy atom. The number of nitrogens with zero attached hydrogens (tertiary/aromatic N) is 1. The first-order valence-electron chi connectivity index (χ1n) is 8.46. The number of nitrogens with one attached hydrogen (secondary N) is 1. The molecule has 1 heterocycles. The number of carbonyl (C=O) groups excluding carboxylic acids is 1. The van der Waals surface area contributed by atoms with Crippen LogP contribution in [0.15, 0.2) is 30.3 Å². The maximum Gasteiger partial charge on any atom is 0.237 e. The molecular formula is C18H29N3O2. The standard InChI is InChI=1S/C18H29N3O2/c1-13(2)10-15(19)18(23)20-16-11-21(12-17(16)22)9-8-14-6-4-3-5-7-14/h3-7,13,15-17,22H,8-12,19H2,1-2H3,(H,20,23)/t15-,16?,17?/m0/s1. The number of likely N-dealkylation sites (tertiary alicyclic amines) is 1. The first-order chi connectivity index (χ1) is 11.0. The number of hydrogen-bond donors (Lipinski definition) is 3. The predicted octanol–water partition coefficient (Wildman–Crippen LogP) is 0.764. The lowest BCUT2D eigenvalue weighted by atomic mass is 10.0. The summed E-state index contributed by atoms with van der Waals surface area (Å²) in [5.41, 5.74) is 7.19. The van der Waals surface area contributed by atoms with E-state index in [-0.39, 0.29) is 11.9 Å². The summed E-state index contributed by atoms with van der Waals surface area (Å²) in [6.45, 7) is 6.24. The van der Waals surface area contributed by atoms with Crippen LogP contribution in [-0.2, 0) is 11.2 Å². The third kappa shape index (κ3) is 5.61. The van der Waals surface area contributed by atoms with Gasteiger partial charge in [-0.25, -0.2) is 0 Å². The minimum absolute atomic E-state index is 0.160. The van der Waals surface area contributed by atoms with E-state index in [0.29, 0.717) is 25.4 Å². The van der Waals surface area contributed by atoms with Crippen molar-refractivity contribution >= 4 is 5.91 Å².